The lowest BCUT2D eigenvalue weighted by molar-refractivity contribution is -0.168. The molecule has 2 aliphatic heterocycles. The molecule has 0 radical (unpaired) electrons. The van der Waals surface area contributed by atoms with Crippen LogP contribution in [0.2, 0.25) is 0 Å². The molecule has 1 saturated carbocycles. The highest BCUT2D eigenvalue weighted by Crippen LogP contribution is 2.48. The van der Waals surface area contributed by atoms with Gasteiger partial charge in [-0.2, -0.15) is 0 Å². The molecule has 29 heavy (non-hydrogen) atoms. The van der Waals surface area contributed by atoms with E-state index in [1.54, 1.807) is 11.8 Å². The molecule has 4 rings (SSSR count). The van der Waals surface area contributed by atoms with E-state index in [9.17, 15) is 9.59 Å². The lowest BCUT2D eigenvalue weighted by atomic mass is 9.61. The van der Waals surface area contributed by atoms with Crippen molar-refractivity contribution in [3.8, 4) is 0 Å². The standard InChI is InChI=1S/C21H31N3O5/c1-3-28-20(26)21-6-4-17(23-8-10-27-11-9-23)12-16(21)5-7-24(13-21)19(25)18-15(2)29-14-22-18/h14,16-17H,3-13H2,1-2H3/t16-,17-,21-/m1/s1. The summed E-state index contributed by atoms with van der Waals surface area (Å²) in [4.78, 5) is 34.5. The fraction of sp³-hybridized carbons (Fsp3) is 0.762. The minimum Gasteiger partial charge on any atom is -0.466 e. The molecule has 0 N–H and O–H groups in total. The molecule has 0 spiro atoms. The van der Waals surface area contributed by atoms with Gasteiger partial charge in [-0.1, -0.05) is 0 Å². The molecule has 160 valence electrons. The average Bonchev–Trinajstić information content (AvgIpc) is 3.19. The van der Waals surface area contributed by atoms with Crippen LogP contribution in [0.25, 0.3) is 0 Å². The maximum absolute atomic E-state index is 13.1. The van der Waals surface area contributed by atoms with Crippen molar-refractivity contribution in [2.75, 3.05) is 46.0 Å². The Labute approximate surface area is 171 Å². The number of aryl methyl sites for hydroxylation is 1. The van der Waals surface area contributed by atoms with Crippen molar-refractivity contribution < 1.29 is 23.5 Å². The number of carbonyl (C=O) groups excluding carboxylic acids is 2. The van der Waals surface area contributed by atoms with Crippen LogP contribution in [0.15, 0.2) is 10.8 Å². The summed E-state index contributed by atoms with van der Waals surface area (Å²) < 4.78 is 16.2. The highest BCUT2D eigenvalue weighted by atomic mass is 16.5. The second-order valence-electron chi connectivity index (χ2n) is 8.42. The monoisotopic (exact) mass is 405 g/mol. The summed E-state index contributed by atoms with van der Waals surface area (Å²) in [6.07, 6.45) is 4.77. The number of likely N-dealkylation sites (tertiary alicyclic amines) is 1. The number of amides is 1. The van der Waals surface area contributed by atoms with Crippen molar-refractivity contribution in [3.63, 3.8) is 0 Å². The van der Waals surface area contributed by atoms with Gasteiger partial charge in [-0.25, -0.2) is 4.98 Å². The average molecular weight is 405 g/mol. The lowest BCUT2D eigenvalue weighted by Gasteiger charge is -2.52. The summed E-state index contributed by atoms with van der Waals surface area (Å²) >= 11 is 0. The van der Waals surface area contributed by atoms with E-state index in [1.807, 2.05) is 6.92 Å². The zero-order valence-corrected chi connectivity index (χ0v) is 17.4. The second kappa shape index (κ2) is 8.44. The third-order valence-corrected chi connectivity index (χ3v) is 6.96. The third kappa shape index (κ3) is 3.80. The number of oxazole rings is 1. The van der Waals surface area contributed by atoms with Crippen molar-refractivity contribution >= 4 is 11.9 Å². The zero-order valence-electron chi connectivity index (χ0n) is 17.4. The minimum absolute atomic E-state index is 0.153. The molecule has 3 aliphatic rings. The molecule has 1 aromatic heterocycles. The molecule has 3 atom stereocenters. The number of piperidine rings is 1. The van der Waals surface area contributed by atoms with Gasteiger partial charge < -0.3 is 18.8 Å². The molecule has 0 unspecified atom stereocenters. The number of carbonyl (C=O) groups is 2. The molecular weight excluding hydrogens is 374 g/mol. The molecule has 2 saturated heterocycles. The van der Waals surface area contributed by atoms with E-state index in [0.29, 0.717) is 37.2 Å². The SMILES string of the molecule is CCOC(=O)[C@@]12CC[C@@H](N3CCOCC3)C[C@H]1CCN(C(=O)c1ncoc1C)C2. The number of nitrogens with zero attached hydrogens (tertiary/aromatic N) is 3. The Balaban J connectivity index is 1.53. The minimum atomic E-state index is -0.621. The van der Waals surface area contributed by atoms with Gasteiger partial charge in [0.05, 0.1) is 25.2 Å². The van der Waals surface area contributed by atoms with Crippen LogP contribution in [0.4, 0.5) is 0 Å². The van der Waals surface area contributed by atoms with E-state index in [2.05, 4.69) is 9.88 Å². The van der Waals surface area contributed by atoms with Crippen molar-refractivity contribution in [1.29, 1.82) is 0 Å². The Morgan fingerprint density at radius 2 is 2.07 bits per heavy atom. The third-order valence-electron chi connectivity index (χ3n) is 6.96. The summed E-state index contributed by atoms with van der Waals surface area (Å²) in [6, 6.07) is 0.478. The predicted octanol–water partition coefficient (Wildman–Crippen LogP) is 1.88. The maximum atomic E-state index is 13.1. The molecule has 1 aromatic rings. The highest BCUT2D eigenvalue weighted by molar-refractivity contribution is 5.93. The van der Waals surface area contributed by atoms with Gasteiger partial charge in [-0.15, -0.1) is 0 Å². The first-order chi connectivity index (χ1) is 14.0. The van der Waals surface area contributed by atoms with Crippen molar-refractivity contribution in [3.05, 3.63) is 17.8 Å². The highest BCUT2D eigenvalue weighted by Gasteiger charge is 2.54. The zero-order chi connectivity index (χ0) is 20.4. The van der Waals surface area contributed by atoms with Crippen LogP contribution in [-0.4, -0.2) is 78.7 Å². The first kappa shape index (κ1) is 20.3. The summed E-state index contributed by atoms with van der Waals surface area (Å²) in [7, 11) is 0. The van der Waals surface area contributed by atoms with Gasteiger partial charge in [0.15, 0.2) is 12.1 Å². The number of fused-ring (bicyclic) bond motifs is 1. The Morgan fingerprint density at radius 1 is 1.28 bits per heavy atom. The van der Waals surface area contributed by atoms with Crippen molar-refractivity contribution in [2.45, 2.75) is 45.6 Å². The number of ether oxygens (including phenoxy) is 2. The molecule has 3 heterocycles. The lowest BCUT2D eigenvalue weighted by Crippen LogP contribution is -2.59. The fourth-order valence-electron chi connectivity index (χ4n) is 5.35. The molecule has 3 fully saturated rings. The first-order valence-electron chi connectivity index (χ1n) is 10.7. The number of rotatable bonds is 4. The van der Waals surface area contributed by atoms with Crippen LogP contribution < -0.4 is 0 Å². The van der Waals surface area contributed by atoms with Gasteiger partial charge in [-0.3, -0.25) is 14.5 Å². The van der Waals surface area contributed by atoms with Crippen LogP contribution in [0.5, 0.6) is 0 Å². The molecule has 8 heteroatoms. The van der Waals surface area contributed by atoms with E-state index in [0.717, 1.165) is 52.0 Å². The number of esters is 1. The number of aromatic nitrogens is 1. The molecule has 1 amide bonds. The quantitative estimate of drug-likeness (QED) is 0.707. The van der Waals surface area contributed by atoms with Crippen LogP contribution in [0.3, 0.4) is 0 Å². The topological polar surface area (TPSA) is 85.1 Å². The Bertz CT molecular complexity index is 744. The second-order valence-corrected chi connectivity index (χ2v) is 8.42. The van der Waals surface area contributed by atoms with E-state index in [-0.39, 0.29) is 17.8 Å². The van der Waals surface area contributed by atoms with Crippen molar-refractivity contribution in [1.82, 2.24) is 14.8 Å². The van der Waals surface area contributed by atoms with E-state index >= 15 is 0 Å². The molecule has 8 nitrogen and oxygen atoms in total. The summed E-state index contributed by atoms with van der Waals surface area (Å²) in [6.45, 7) is 8.45. The van der Waals surface area contributed by atoms with Gasteiger partial charge in [0.25, 0.3) is 5.91 Å². The summed E-state index contributed by atoms with van der Waals surface area (Å²) in [5.74, 6) is 0.428. The van der Waals surface area contributed by atoms with Gasteiger partial charge in [0.2, 0.25) is 0 Å². The van der Waals surface area contributed by atoms with Crippen LogP contribution >= 0.6 is 0 Å². The Morgan fingerprint density at radius 3 is 2.76 bits per heavy atom. The van der Waals surface area contributed by atoms with Crippen LogP contribution in [0.1, 0.15) is 48.9 Å². The normalized spacial score (nSPS) is 30.6. The molecule has 0 bridgehead atoms. The number of morpholine rings is 1. The largest absolute Gasteiger partial charge is 0.466 e. The molecule has 0 aromatic carbocycles. The van der Waals surface area contributed by atoms with Gasteiger partial charge in [0, 0.05) is 32.2 Å². The van der Waals surface area contributed by atoms with Crippen LogP contribution in [-0.2, 0) is 14.3 Å². The van der Waals surface area contributed by atoms with Gasteiger partial charge in [0.1, 0.15) is 5.76 Å². The van der Waals surface area contributed by atoms with E-state index < -0.39 is 5.41 Å². The Hall–Kier alpha value is -1.93. The number of hydrogen-bond donors (Lipinski definition) is 0. The van der Waals surface area contributed by atoms with Gasteiger partial charge in [-0.05, 0) is 45.4 Å². The Kier molecular flexibility index (Phi) is 5.92. The van der Waals surface area contributed by atoms with Crippen molar-refractivity contribution in [2.24, 2.45) is 11.3 Å². The fourth-order valence-corrected chi connectivity index (χ4v) is 5.35. The van der Waals surface area contributed by atoms with E-state index in [4.69, 9.17) is 13.9 Å². The molecular formula is C21H31N3O5. The summed E-state index contributed by atoms with van der Waals surface area (Å²) in [5.41, 5.74) is -0.283. The maximum Gasteiger partial charge on any atom is 0.314 e. The van der Waals surface area contributed by atoms with Crippen LogP contribution in [0, 0.1) is 18.3 Å². The number of hydrogen-bond acceptors (Lipinski definition) is 7. The van der Waals surface area contributed by atoms with E-state index in [1.165, 1.54) is 6.39 Å². The first-order valence-corrected chi connectivity index (χ1v) is 10.7. The summed E-state index contributed by atoms with van der Waals surface area (Å²) in [5, 5.41) is 0. The predicted molar refractivity (Wildman–Crippen MR) is 104 cm³/mol. The van der Waals surface area contributed by atoms with Gasteiger partial charge >= 0.3 is 5.97 Å². The molecule has 1 aliphatic carbocycles. The smallest absolute Gasteiger partial charge is 0.314 e.